The van der Waals surface area contributed by atoms with Gasteiger partial charge in [0.2, 0.25) is 11.8 Å². The number of imide groups is 1. The second-order valence-electron chi connectivity index (χ2n) is 8.20. The van der Waals surface area contributed by atoms with Crippen LogP contribution in [0.15, 0.2) is 60.7 Å². The topological polar surface area (TPSA) is 92.8 Å². The maximum absolute atomic E-state index is 13.0. The minimum atomic E-state index is -0.728. The lowest BCUT2D eigenvalue weighted by molar-refractivity contribution is -0.123. The Morgan fingerprint density at radius 1 is 1.00 bits per heavy atom. The summed E-state index contributed by atoms with van der Waals surface area (Å²) in [5.41, 5.74) is 0.976. The molecule has 0 radical (unpaired) electrons. The van der Waals surface area contributed by atoms with Gasteiger partial charge >= 0.3 is 5.97 Å². The first-order valence-electron chi connectivity index (χ1n) is 10.3. The van der Waals surface area contributed by atoms with Crippen molar-refractivity contribution in [3.63, 3.8) is 0 Å². The fourth-order valence-corrected chi connectivity index (χ4v) is 5.10. The highest BCUT2D eigenvalue weighted by Gasteiger charge is 2.59. The zero-order valence-corrected chi connectivity index (χ0v) is 17.6. The lowest BCUT2D eigenvalue weighted by Gasteiger charge is -2.18. The number of carbonyl (C=O) groups excluding carboxylic acids is 4. The average Bonchev–Trinajstić information content (AvgIpc) is 3.46. The van der Waals surface area contributed by atoms with Gasteiger partial charge in [-0.1, -0.05) is 35.9 Å². The molecule has 0 spiro atoms. The van der Waals surface area contributed by atoms with E-state index in [1.54, 1.807) is 36.4 Å². The van der Waals surface area contributed by atoms with E-state index in [2.05, 4.69) is 5.32 Å². The molecule has 8 heteroatoms. The smallest absolute Gasteiger partial charge is 0.338 e. The number of ether oxygens (including phenoxy) is 1. The number of nitrogens with zero attached hydrogens (tertiary/aromatic N) is 1. The number of benzene rings is 2. The Kier molecular flexibility index (Phi) is 5.06. The van der Waals surface area contributed by atoms with Crippen LogP contribution in [0, 0.1) is 23.7 Å². The van der Waals surface area contributed by atoms with Gasteiger partial charge in [0.1, 0.15) is 0 Å². The first-order valence-corrected chi connectivity index (χ1v) is 10.7. The lowest BCUT2D eigenvalue weighted by atomic mass is 9.85. The summed E-state index contributed by atoms with van der Waals surface area (Å²) in [6.07, 6.45) is 4.91. The molecule has 3 aliphatic rings. The number of esters is 1. The summed E-state index contributed by atoms with van der Waals surface area (Å²) in [4.78, 5) is 51.7. The fourth-order valence-electron chi connectivity index (χ4n) is 4.91. The highest BCUT2D eigenvalue weighted by molar-refractivity contribution is 6.30. The summed E-state index contributed by atoms with van der Waals surface area (Å²) < 4.78 is 5.10. The zero-order chi connectivity index (χ0) is 22.4. The van der Waals surface area contributed by atoms with E-state index in [0.29, 0.717) is 16.4 Å². The molecule has 2 aromatic rings. The van der Waals surface area contributed by atoms with Crippen molar-refractivity contribution in [2.24, 2.45) is 23.7 Å². The van der Waals surface area contributed by atoms with E-state index < -0.39 is 18.5 Å². The van der Waals surface area contributed by atoms with Crippen LogP contribution in [0.1, 0.15) is 16.8 Å². The van der Waals surface area contributed by atoms with Gasteiger partial charge in [-0.15, -0.1) is 0 Å². The predicted molar refractivity (Wildman–Crippen MR) is 117 cm³/mol. The summed E-state index contributed by atoms with van der Waals surface area (Å²) >= 11 is 5.88. The van der Waals surface area contributed by atoms with Crippen LogP contribution in [0.25, 0.3) is 0 Å². The fraction of sp³-hybridized carbons (Fsp3) is 0.250. The summed E-state index contributed by atoms with van der Waals surface area (Å²) in [6.45, 7) is -0.490. The molecule has 0 aromatic heterocycles. The molecule has 32 heavy (non-hydrogen) atoms. The number of nitrogens with one attached hydrogen (secondary N) is 1. The number of amides is 3. The van der Waals surface area contributed by atoms with E-state index in [1.165, 1.54) is 17.0 Å². The summed E-state index contributed by atoms with van der Waals surface area (Å²) in [6, 6.07) is 12.8. The molecule has 1 heterocycles. The van der Waals surface area contributed by atoms with Crippen LogP contribution < -0.4 is 10.2 Å². The van der Waals surface area contributed by atoms with Crippen LogP contribution in [0.5, 0.6) is 0 Å². The summed E-state index contributed by atoms with van der Waals surface area (Å²) in [5, 5.41) is 3.06. The summed E-state index contributed by atoms with van der Waals surface area (Å²) in [5.74, 6) is -2.10. The van der Waals surface area contributed by atoms with E-state index in [4.69, 9.17) is 16.3 Å². The van der Waals surface area contributed by atoms with Gasteiger partial charge in [0, 0.05) is 10.7 Å². The van der Waals surface area contributed by atoms with Crippen molar-refractivity contribution in [2.75, 3.05) is 16.8 Å². The number of anilines is 2. The standard InChI is InChI=1S/C24H19ClN2O5/c25-16-4-2-5-17(11-16)26-19(28)12-32-24(31)15-3-1-6-18(10-15)27-22(29)20-13-7-8-14(9-13)21(20)23(27)30/h1-8,10-11,13-14,20-21H,9,12H2,(H,26,28)/t13-,14-,20-,21+/m0/s1. The Hall–Kier alpha value is -3.45. The Balaban J connectivity index is 1.25. The average molecular weight is 451 g/mol. The quantitative estimate of drug-likeness (QED) is 0.428. The molecule has 4 atom stereocenters. The van der Waals surface area contributed by atoms with Crippen LogP contribution in [0.4, 0.5) is 11.4 Å². The molecule has 2 fully saturated rings. The van der Waals surface area contributed by atoms with E-state index in [9.17, 15) is 19.2 Å². The molecule has 0 unspecified atom stereocenters. The minimum absolute atomic E-state index is 0.109. The van der Waals surface area contributed by atoms with Crippen molar-refractivity contribution >= 4 is 46.7 Å². The molecule has 162 valence electrons. The van der Waals surface area contributed by atoms with Gasteiger partial charge in [-0.05, 0) is 54.7 Å². The number of halogens is 1. The Labute approximate surface area is 189 Å². The van der Waals surface area contributed by atoms with Crippen molar-refractivity contribution < 1.29 is 23.9 Å². The van der Waals surface area contributed by atoms with Crippen LogP contribution >= 0.6 is 11.6 Å². The van der Waals surface area contributed by atoms with E-state index >= 15 is 0 Å². The number of allylic oxidation sites excluding steroid dienone is 2. The molecular formula is C24H19ClN2O5. The Bertz CT molecular complexity index is 1150. The second kappa shape index (κ2) is 7.91. The molecule has 2 aromatic carbocycles. The summed E-state index contributed by atoms with van der Waals surface area (Å²) in [7, 11) is 0. The van der Waals surface area contributed by atoms with Crippen LogP contribution in [0.3, 0.4) is 0 Å². The first-order chi connectivity index (χ1) is 15.4. The first kappa shape index (κ1) is 20.5. The van der Waals surface area contributed by atoms with Crippen molar-refractivity contribution in [1.82, 2.24) is 0 Å². The monoisotopic (exact) mass is 450 g/mol. The molecule has 1 saturated carbocycles. The van der Waals surface area contributed by atoms with Gasteiger partial charge in [-0.25, -0.2) is 9.69 Å². The highest BCUT2D eigenvalue weighted by atomic mass is 35.5. The van der Waals surface area contributed by atoms with Gasteiger partial charge in [0.15, 0.2) is 6.61 Å². The second-order valence-corrected chi connectivity index (χ2v) is 8.63. The van der Waals surface area contributed by atoms with Crippen molar-refractivity contribution in [1.29, 1.82) is 0 Å². The third kappa shape index (κ3) is 3.48. The molecule has 3 amide bonds. The van der Waals surface area contributed by atoms with Gasteiger partial charge < -0.3 is 10.1 Å². The number of rotatable bonds is 5. The minimum Gasteiger partial charge on any atom is -0.452 e. The molecule has 2 bridgehead atoms. The lowest BCUT2D eigenvalue weighted by Crippen LogP contribution is -2.33. The molecule has 2 aliphatic carbocycles. The molecule has 1 saturated heterocycles. The molecule has 7 nitrogen and oxygen atoms in total. The van der Waals surface area contributed by atoms with Gasteiger partial charge in [0.25, 0.3) is 5.91 Å². The van der Waals surface area contributed by atoms with Crippen molar-refractivity contribution in [2.45, 2.75) is 6.42 Å². The molecular weight excluding hydrogens is 432 g/mol. The Morgan fingerprint density at radius 3 is 2.38 bits per heavy atom. The van der Waals surface area contributed by atoms with E-state index in [-0.39, 0.29) is 41.0 Å². The van der Waals surface area contributed by atoms with Crippen LogP contribution in [-0.4, -0.2) is 30.3 Å². The van der Waals surface area contributed by atoms with Gasteiger partial charge in [0.05, 0.1) is 23.1 Å². The number of hydrogen-bond acceptors (Lipinski definition) is 5. The molecule has 1 aliphatic heterocycles. The number of hydrogen-bond donors (Lipinski definition) is 1. The number of carbonyl (C=O) groups is 4. The Morgan fingerprint density at radius 2 is 1.69 bits per heavy atom. The SMILES string of the molecule is O=C(COC(=O)c1cccc(N2C(=O)[C@@H]3[C@H](C2=O)[C@H]2C=C[C@H]3C2)c1)Nc1cccc(Cl)c1. The van der Waals surface area contributed by atoms with Gasteiger partial charge in [-0.3, -0.25) is 14.4 Å². The third-order valence-corrected chi connectivity index (χ3v) is 6.49. The van der Waals surface area contributed by atoms with E-state index in [1.807, 2.05) is 12.2 Å². The van der Waals surface area contributed by atoms with Crippen molar-refractivity contribution in [3.8, 4) is 0 Å². The van der Waals surface area contributed by atoms with Crippen molar-refractivity contribution in [3.05, 3.63) is 71.3 Å². The highest BCUT2D eigenvalue weighted by Crippen LogP contribution is 2.53. The van der Waals surface area contributed by atoms with E-state index in [0.717, 1.165) is 6.42 Å². The predicted octanol–water partition coefficient (Wildman–Crippen LogP) is 3.45. The van der Waals surface area contributed by atoms with Gasteiger partial charge in [-0.2, -0.15) is 0 Å². The van der Waals surface area contributed by atoms with Crippen LogP contribution in [-0.2, 0) is 19.1 Å². The maximum Gasteiger partial charge on any atom is 0.338 e. The maximum atomic E-state index is 13.0. The molecule has 5 rings (SSSR count). The number of fused-ring (bicyclic) bond motifs is 5. The zero-order valence-electron chi connectivity index (χ0n) is 16.9. The normalized spacial score (nSPS) is 25.2. The van der Waals surface area contributed by atoms with Crippen LogP contribution in [0.2, 0.25) is 5.02 Å². The largest absolute Gasteiger partial charge is 0.452 e. The molecule has 1 N–H and O–H groups in total. The third-order valence-electron chi connectivity index (χ3n) is 6.25.